The van der Waals surface area contributed by atoms with Crippen molar-refractivity contribution >= 4 is 29.1 Å². The van der Waals surface area contributed by atoms with Gasteiger partial charge in [-0.3, -0.25) is 4.79 Å². The van der Waals surface area contributed by atoms with Gasteiger partial charge in [-0.05, 0) is 31.2 Å². The predicted octanol–water partition coefficient (Wildman–Crippen LogP) is 4.56. The van der Waals surface area contributed by atoms with Gasteiger partial charge < -0.3 is 10.1 Å². The standard InChI is InChI=1S/C17H15Cl2NO2/c1-10-2-5-16-13(8-10)15(6-7-22-16)20-17(21)12-4-3-11(18)9-14(12)19/h2-5,8-9,15H,6-7H2,1H3,(H,20,21). The maximum Gasteiger partial charge on any atom is 0.253 e. The van der Waals surface area contributed by atoms with E-state index in [1.54, 1.807) is 18.2 Å². The first-order valence-corrected chi connectivity index (χ1v) is 7.79. The lowest BCUT2D eigenvalue weighted by atomic mass is 9.98. The van der Waals surface area contributed by atoms with Crippen LogP contribution in [0.3, 0.4) is 0 Å². The average molecular weight is 336 g/mol. The van der Waals surface area contributed by atoms with E-state index in [-0.39, 0.29) is 11.9 Å². The molecule has 0 spiro atoms. The molecule has 0 saturated heterocycles. The Labute approximate surface area is 139 Å². The summed E-state index contributed by atoms with van der Waals surface area (Å²) in [6.45, 7) is 2.60. The van der Waals surface area contributed by atoms with Gasteiger partial charge >= 0.3 is 0 Å². The van der Waals surface area contributed by atoms with Gasteiger partial charge in [0, 0.05) is 17.0 Å². The van der Waals surface area contributed by atoms with Gasteiger partial charge in [-0.2, -0.15) is 0 Å². The van der Waals surface area contributed by atoms with Gasteiger partial charge in [-0.15, -0.1) is 0 Å². The second kappa shape index (κ2) is 6.19. The van der Waals surface area contributed by atoms with Crippen molar-refractivity contribution in [3.63, 3.8) is 0 Å². The zero-order chi connectivity index (χ0) is 15.7. The smallest absolute Gasteiger partial charge is 0.253 e. The third-order valence-corrected chi connectivity index (χ3v) is 4.23. The van der Waals surface area contributed by atoms with Gasteiger partial charge in [0.15, 0.2) is 0 Å². The van der Waals surface area contributed by atoms with Gasteiger partial charge in [0.05, 0.1) is 23.2 Å². The lowest BCUT2D eigenvalue weighted by Crippen LogP contribution is -2.32. The fourth-order valence-electron chi connectivity index (χ4n) is 2.57. The molecule has 1 N–H and O–H groups in total. The third-order valence-electron chi connectivity index (χ3n) is 3.69. The Morgan fingerprint density at radius 3 is 2.82 bits per heavy atom. The second-order valence-corrected chi connectivity index (χ2v) is 6.17. The van der Waals surface area contributed by atoms with Crippen LogP contribution in [0.15, 0.2) is 36.4 Å². The van der Waals surface area contributed by atoms with Crippen molar-refractivity contribution in [1.82, 2.24) is 5.32 Å². The molecule has 1 atom stereocenters. The highest BCUT2D eigenvalue weighted by Gasteiger charge is 2.24. The fourth-order valence-corrected chi connectivity index (χ4v) is 3.07. The van der Waals surface area contributed by atoms with Crippen LogP contribution in [0.25, 0.3) is 0 Å². The van der Waals surface area contributed by atoms with Crippen molar-refractivity contribution in [3.8, 4) is 5.75 Å². The molecule has 114 valence electrons. The normalized spacial score (nSPS) is 16.6. The largest absolute Gasteiger partial charge is 0.493 e. The SMILES string of the molecule is Cc1ccc2c(c1)C(NC(=O)c1ccc(Cl)cc1Cl)CCO2. The Hall–Kier alpha value is -1.71. The van der Waals surface area contributed by atoms with Gasteiger partial charge in [0.2, 0.25) is 0 Å². The van der Waals surface area contributed by atoms with E-state index >= 15 is 0 Å². The number of carbonyl (C=O) groups is 1. The van der Waals surface area contributed by atoms with Crippen LogP contribution in [0.5, 0.6) is 5.75 Å². The maximum atomic E-state index is 12.5. The summed E-state index contributed by atoms with van der Waals surface area (Å²) in [6.07, 6.45) is 0.730. The van der Waals surface area contributed by atoms with Crippen LogP contribution in [-0.4, -0.2) is 12.5 Å². The molecule has 0 aliphatic carbocycles. The Morgan fingerprint density at radius 1 is 1.23 bits per heavy atom. The molecular formula is C17H15Cl2NO2. The molecule has 0 saturated carbocycles. The zero-order valence-electron chi connectivity index (χ0n) is 12.0. The number of halogens is 2. The molecule has 1 aliphatic rings. The van der Waals surface area contributed by atoms with E-state index in [9.17, 15) is 4.79 Å². The van der Waals surface area contributed by atoms with Crippen molar-refractivity contribution < 1.29 is 9.53 Å². The molecule has 1 heterocycles. The predicted molar refractivity (Wildman–Crippen MR) is 88.0 cm³/mol. The van der Waals surface area contributed by atoms with E-state index < -0.39 is 0 Å². The molecule has 2 aromatic rings. The van der Waals surface area contributed by atoms with Crippen molar-refractivity contribution in [2.24, 2.45) is 0 Å². The summed E-state index contributed by atoms with van der Waals surface area (Å²) in [7, 11) is 0. The molecule has 0 bridgehead atoms. The Kier molecular flexibility index (Phi) is 4.27. The van der Waals surface area contributed by atoms with Gasteiger partial charge in [-0.1, -0.05) is 40.9 Å². The average Bonchev–Trinajstić information content (AvgIpc) is 2.47. The highest BCUT2D eigenvalue weighted by atomic mass is 35.5. The molecule has 1 amide bonds. The molecule has 22 heavy (non-hydrogen) atoms. The van der Waals surface area contributed by atoms with Crippen LogP contribution in [0.2, 0.25) is 10.0 Å². The van der Waals surface area contributed by atoms with E-state index in [4.69, 9.17) is 27.9 Å². The number of benzene rings is 2. The summed E-state index contributed by atoms with van der Waals surface area (Å²) in [5.74, 6) is 0.616. The van der Waals surface area contributed by atoms with E-state index in [1.807, 2.05) is 25.1 Å². The maximum absolute atomic E-state index is 12.5. The third kappa shape index (κ3) is 3.06. The van der Waals surface area contributed by atoms with Gasteiger partial charge in [0.25, 0.3) is 5.91 Å². The number of hydrogen-bond donors (Lipinski definition) is 1. The highest BCUT2D eigenvalue weighted by molar-refractivity contribution is 6.36. The lowest BCUT2D eigenvalue weighted by Gasteiger charge is -2.27. The number of aryl methyl sites for hydroxylation is 1. The van der Waals surface area contributed by atoms with Crippen molar-refractivity contribution in [2.75, 3.05) is 6.61 Å². The van der Waals surface area contributed by atoms with E-state index in [1.165, 1.54) is 0 Å². The summed E-state index contributed by atoms with van der Waals surface area (Å²) in [5, 5.41) is 3.89. The minimum absolute atomic E-state index is 0.0807. The molecule has 3 nitrogen and oxygen atoms in total. The Balaban J connectivity index is 1.85. The molecular weight excluding hydrogens is 321 g/mol. The first kappa shape index (κ1) is 15.2. The molecule has 5 heteroatoms. The van der Waals surface area contributed by atoms with Crippen LogP contribution in [-0.2, 0) is 0 Å². The fraction of sp³-hybridized carbons (Fsp3) is 0.235. The van der Waals surface area contributed by atoms with Crippen molar-refractivity contribution in [1.29, 1.82) is 0 Å². The van der Waals surface area contributed by atoms with E-state index in [2.05, 4.69) is 5.32 Å². The quantitative estimate of drug-likeness (QED) is 0.873. The first-order chi connectivity index (χ1) is 10.5. The van der Waals surface area contributed by atoms with Gasteiger partial charge in [0.1, 0.15) is 5.75 Å². The lowest BCUT2D eigenvalue weighted by molar-refractivity contribution is 0.0925. The molecule has 2 aromatic carbocycles. The number of rotatable bonds is 2. The van der Waals surface area contributed by atoms with Crippen LogP contribution in [0, 0.1) is 6.92 Å². The Bertz CT molecular complexity index is 731. The number of ether oxygens (including phenoxy) is 1. The number of hydrogen-bond acceptors (Lipinski definition) is 2. The summed E-state index contributed by atoms with van der Waals surface area (Å²) in [6, 6.07) is 10.8. The number of carbonyl (C=O) groups excluding carboxylic acids is 1. The number of nitrogens with one attached hydrogen (secondary N) is 1. The summed E-state index contributed by atoms with van der Waals surface area (Å²) < 4.78 is 5.64. The molecule has 3 rings (SSSR count). The van der Waals surface area contributed by atoms with Gasteiger partial charge in [-0.25, -0.2) is 0 Å². The van der Waals surface area contributed by atoms with Crippen LogP contribution in [0.4, 0.5) is 0 Å². The van der Waals surface area contributed by atoms with E-state index in [0.717, 1.165) is 23.3 Å². The molecule has 1 unspecified atom stereocenters. The highest BCUT2D eigenvalue weighted by Crippen LogP contribution is 2.33. The van der Waals surface area contributed by atoms with Crippen LogP contribution in [0.1, 0.15) is 33.9 Å². The molecule has 0 aromatic heterocycles. The zero-order valence-corrected chi connectivity index (χ0v) is 13.5. The van der Waals surface area contributed by atoms with Crippen molar-refractivity contribution in [2.45, 2.75) is 19.4 Å². The number of amides is 1. The molecule has 1 aliphatic heterocycles. The topological polar surface area (TPSA) is 38.3 Å². The van der Waals surface area contributed by atoms with E-state index in [0.29, 0.717) is 22.2 Å². The van der Waals surface area contributed by atoms with Crippen LogP contribution < -0.4 is 10.1 Å². The van der Waals surface area contributed by atoms with Crippen molar-refractivity contribution in [3.05, 3.63) is 63.1 Å². The Morgan fingerprint density at radius 2 is 2.05 bits per heavy atom. The van der Waals surface area contributed by atoms with Crippen LogP contribution >= 0.6 is 23.2 Å². The molecule has 0 radical (unpaired) electrons. The monoisotopic (exact) mass is 335 g/mol. The number of fused-ring (bicyclic) bond motifs is 1. The molecule has 0 fully saturated rings. The summed E-state index contributed by atoms with van der Waals surface area (Å²) in [4.78, 5) is 12.5. The summed E-state index contributed by atoms with van der Waals surface area (Å²) in [5.41, 5.74) is 2.56. The minimum Gasteiger partial charge on any atom is -0.493 e. The summed E-state index contributed by atoms with van der Waals surface area (Å²) >= 11 is 12.0. The second-order valence-electron chi connectivity index (χ2n) is 5.33. The first-order valence-electron chi connectivity index (χ1n) is 7.04. The minimum atomic E-state index is -0.207.